The normalized spacial score (nSPS) is 13.6. The number of rotatable bonds is 9. The van der Waals surface area contributed by atoms with Crippen LogP contribution in [-0.2, 0) is 17.8 Å². The van der Waals surface area contributed by atoms with Gasteiger partial charge in [-0.2, -0.15) is 5.10 Å². The first kappa shape index (κ1) is 19.3. The van der Waals surface area contributed by atoms with Gasteiger partial charge in [0, 0.05) is 43.9 Å². The lowest BCUT2D eigenvalue weighted by molar-refractivity contribution is 0.139. The van der Waals surface area contributed by atoms with Gasteiger partial charge in [-0.05, 0) is 49.1 Å². The molecule has 0 saturated heterocycles. The Balaban J connectivity index is 1.65. The minimum atomic E-state index is -0.854. The summed E-state index contributed by atoms with van der Waals surface area (Å²) < 4.78 is 7.16. The predicted molar refractivity (Wildman–Crippen MR) is 113 cm³/mol. The Morgan fingerprint density at radius 3 is 2.76 bits per heavy atom. The smallest absolute Gasteiger partial charge is 0.407 e. The van der Waals surface area contributed by atoms with Gasteiger partial charge in [-0.3, -0.25) is 4.68 Å². The number of carbonyl (C=O) groups is 1. The van der Waals surface area contributed by atoms with E-state index < -0.39 is 6.09 Å². The van der Waals surface area contributed by atoms with Crippen LogP contribution in [0.25, 0.3) is 10.9 Å². The molecule has 7 heteroatoms. The number of para-hydroxylation sites is 1. The van der Waals surface area contributed by atoms with E-state index in [0.717, 1.165) is 53.8 Å². The van der Waals surface area contributed by atoms with E-state index in [2.05, 4.69) is 11.4 Å². The number of amides is 1. The number of aryl methyl sites for hydroxylation is 1. The minimum Gasteiger partial charge on any atom is -0.465 e. The monoisotopic (exact) mass is 394 g/mol. The molecule has 1 aliphatic carbocycles. The van der Waals surface area contributed by atoms with Crippen molar-refractivity contribution < 1.29 is 14.6 Å². The third-order valence-corrected chi connectivity index (χ3v) is 5.16. The number of nitrogens with zero attached hydrogens (tertiary/aromatic N) is 3. The van der Waals surface area contributed by atoms with E-state index in [9.17, 15) is 9.90 Å². The molecule has 3 aromatic rings. The van der Waals surface area contributed by atoms with E-state index in [0.29, 0.717) is 13.2 Å². The zero-order chi connectivity index (χ0) is 20.2. The summed E-state index contributed by atoms with van der Waals surface area (Å²) >= 11 is 0. The van der Waals surface area contributed by atoms with Gasteiger partial charge in [0.05, 0.1) is 5.52 Å². The third-order valence-electron chi connectivity index (χ3n) is 5.16. The molecule has 7 nitrogen and oxygen atoms in total. The number of nitrogens with one attached hydrogen (secondary N) is 1. The molecule has 0 spiro atoms. The molecule has 1 aliphatic rings. The molecule has 0 unspecified atom stereocenters. The van der Waals surface area contributed by atoms with Crippen LogP contribution in [0.15, 0.2) is 48.5 Å². The summed E-state index contributed by atoms with van der Waals surface area (Å²) in [6.07, 6.45) is 1.90. The van der Waals surface area contributed by atoms with Gasteiger partial charge in [-0.25, -0.2) is 4.79 Å². The van der Waals surface area contributed by atoms with Gasteiger partial charge < -0.3 is 20.1 Å². The molecule has 0 radical (unpaired) electrons. The van der Waals surface area contributed by atoms with Crippen LogP contribution in [-0.4, -0.2) is 45.6 Å². The highest BCUT2D eigenvalue weighted by atomic mass is 16.5. The summed E-state index contributed by atoms with van der Waals surface area (Å²) in [6, 6.07) is 16.2. The Bertz CT molecular complexity index is 982. The molecule has 1 heterocycles. The maximum atomic E-state index is 11.6. The second-order valence-electron chi connectivity index (χ2n) is 7.40. The van der Waals surface area contributed by atoms with Crippen LogP contribution < -0.4 is 5.32 Å². The first-order valence-corrected chi connectivity index (χ1v) is 9.95. The fourth-order valence-electron chi connectivity index (χ4n) is 3.53. The lowest BCUT2D eigenvalue weighted by Crippen LogP contribution is -2.30. The van der Waals surface area contributed by atoms with Crippen molar-refractivity contribution in [3.63, 3.8) is 0 Å². The molecule has 1 amide bonds. The SMILES string of the molecule is COCCCn1nc(Nc2ccccc2)c2ccc(CN(C(=O)O)C3CC3)cc21. The summed E-state index contributed by atoms with van der Waals surface area (Å²) in [7, 11) is 1.69. The number of aromatic nitrogens is 2. The summed E-state index contributed by atoms with van der Waals surface area (Å²) in [6.45, 7) is 1.80. The largest absolute Gasteiger partial charge is 0.465 e. The molecule has 2 aromatic carbocycles. The zero-order valence-corrected chi connectivity index (χ0v) is 16.5. The Kier molecular flexibility index (Phi) is 5.67. The molecule has 0 aliphatic heterocycles. The predicted octanol–water partition coefficient (Wildman–Crippen LogP) is 4.46. The number of fused-ring (bicyclic) bond motifs is 1. The number of hydrogen-bond acceptors (Lipinski definition) is 4. The van der Waals surface area contributed by atoms with E-state index in [-0.39, 0.29) is 6.04 Å². The molecule has 1 fully saturated rings. The van der Waals surface area contributed by atoms with E-state index in [1.807, 2.05) is 47.1 Å². The Morgan fingerprint density at radius 1 is 1.28 bits per heavy atom. The van der Waals surface area contributed by atoms with Gasteiger partial charge in [0.15, 0.2) is 5.82 Å². The summed E-state index contributed by atoms with van der Waals surface area (Å²) in [4.78, 5) is 13.1. The van der Waals surface area contributed by atoms with Crippen molar-refractivity contribution in [3.05, 3.63) is 54.1 Å². The van der Waals surface area contributed by atoms with Crippen LogP contribution in [0.2, 0.25) is 0 Å². The van der Waals surface area contributed by atoms with Gasteiger partial charge in [0.2, 0.25) is 0 Å². The number of ether oxygens (including phenoxy) is 1. The number of benzene rings is 2. The van der Waals surface area contributed by atoms with E-state index >= 15 is 0 Å². The maximum Gasteiger partial charge on any atom is 0.407 e. The van der Waals surface area contributed by atoms with Crippen molar-refractivity contribution in [2.45, 2.75) is 38.4 Å². The first-order chi connectivity index (χ1) is 14.2. The van der Waals surface area contributed by atoms with Gasteiger partial charge in [0.1, 0.15) is 0 Å². The lowest BCUT2D eigenvalue weighted by atomic mass is 10.1. The van der Waals surface area contributed by atoms with Crippen LogP contribution >= 0.6 is 0 Å². The third kappa shape index (κ3) is 4.51. The van der Waals surface area contributed by atoms with Crippen LogP contribution in [0.3, 0.4) is 0 Å². The maximum absolute atomic E-state index is 11.6. The standard InChI is InChI=1S/C22H26N4O3/c1-29-13-5-12-26-20-14-16(15-25(22(27)28)18-9-10-18)8-11-19(20)21(24-26)23-17-6-3-2-4-7-17/h2-4,6-8,11,14,18H,5,9-10,12-13,15H2,1H3,(H,23,24)(H,27,28). The second-order valence-corrected chi connectivity index (χ2v) is 7.40. The average molecular weight is 394 g/mol. The molecule has 2 N–H and O–H groups in total. The zero-order valence-electron chi connectivity index (χ0n) is 16.5. The quantitative estimate of drug-likeness (QED) is 0.524. The number of hydrogen-bond donors (Lipinski definition) is 2. The number of methoxy groups -OCH3 is 1. The molecule has 1 aromatic heterocycles. The van der Waals surface area contributed by atoms with Crippen molar-refractivity contribution >= 4 is 28.5 Å². The fourth-order valence-corrected chi connectivity index (χ4v) is 3.53. The lowest BCUT2D eigenvalue weighted by Gasteiger charge is -2.18. The Hall–Kier alpha value is -3.06. The molecule has 0 atom stereocenters. The molecular weight excluding hydrogens is 368 g/mol. The molecule has 0 bridgehead atoms. The van der Waals surface area contributed by atoms with Crippen molar-refractivity contribution in [3.8, 4) is 0 Å². The minimum absolute atomic E-state index is 0.158. The van der Waals surface area contributed by atoms with E-state index in [1.54, 1.807) is 7.11 Å². The van der Waals surface area contributed by atoms with E-state index in [4.69, 9.17) is 9.84 Å². The Labute approximate surface area is 169 Å². The molecule has 4 rings (SSSR count). The van der Waals surface area contributed by atoms with Crippen molar-refractivity contribution in [1.82, 2.24) is 14.7 Å². The van der Waals surface area contributed by atoms with E-state index in [1.165, 1.54) is 4.90 Å². The van der Waals surface area contributed by atoms with Crippen LogP contribution in [0.4, 0.5) is 16.3 Å². The van der Waals surface area contributed by atoms with Gasteiger partial charge in [0.25, 0.3) is 0 Å². The summed E-state index contributed by atoms with van der Waals surface area (Å²) in [5.74, 6) is 0.799. The highest BCUT2D eigenvalue weighted by Crippen LogP contribution is 2.31. The number of anilines is 2. The van der Waals surface area contributed by atoms with Crippen LogP contribution in [0, 0.1) is 0 Å². The average Bonchev–Trinajstić information content (AvgIpc) is 3.51. The second kappa shape index (κ2) is 8.53. The fraction of sp³-hybridized carbons (Fsp3) is 0.364. The molecule has 152 valence electrons. The molecular formula is C22H26N4O3. The van der Waals surface area contributed by atoms with Gasteiger partial charge in [-0.15, -0.1) is 0 Å². The highest BCUT2D eigenvalue weighted by molar-refractivity contribution is 5.92. The van der Waals surface area contributed by atoms with Crippen LogP contribution in [0.5, 0.6) is 0 Å². The molecule has 1 saturated carbocycles. The number of carboxylic acid groups (broad SMARTS) is 1. The first-order valence-electron chi connectivity index (χ1n) is 9.95. The van der Waals surface area contributed by atoms with Gasteiger partial charge in [-0.1, -0.05) is 24.3 Å². The van der Waals surface area contributed by atoms with Gasteiger partial charge >= 0.3 is 6.09 Å². The van der Waals surface area contributed by atoms with Crippen molar-refractivity contribution in [1.29, 1.82) is 0 Å². The highest BCUT2D eigenvalue weighted by Gasteiger charge is 2.32. The topological polar surface area (TPSA) is 79.6 Å². The Morgan fingerprint density at radius 2 is 2.07 bits per heavy atom. The summed E-state index contributed by atoms with van der Waals surface area (Å²) in [5.41, 5.74) is 2.95. The molecule has 29 heavy (non-hydrogen) atoms. The van der Waals surface area contributed by atoms with Crippen LogP contribution in [0.1, 0.15) is 24.8 Å². The van der Waals surface area contributed by atoms with Crippen molar-refractivity contribution in [2.75, 3.05) is 19.0 Å². The van der Waals surface area contributed by atoms with Crippen molar-refractivity contribution in [2.24, 2.45) is 0 Å². The summed E-state index contributed by atoms with van der Waals surface area (Å²) in [5, 5.41) is 18.7.